The van der Waals surface area contributed by atoms with Crippen LogP contribution in [0.25, 0.3) is 0 Å². The van der Waals surface area contributed by atoms with E-state index in [0.29, 0.717) is 24.7 Å². The maximum absolute atomic E-state index is 12.8. The van der Waals surface area contributed by atoms with Crippen molar-refractivity contribution in [3.8, 4) is 5.75 Å². The normalized spacial score (nSPS) is 20.1. The van der Waals surface area contributed by atoms with Crippen molar-refractivity contribution in [3.63, 3.8) is 0 Å². The Morgan fingerprint density at radius 1 is 0.909 bits per heavy atom. The summed E-state index contributed by atoms with van der Waals surface area (Å²) in [6.07, 6.45) is 2.52. The lowest BCUT2D eigenvalue weighted by atomic mass is 10.00. The van der Waals surface area contributed by atoms with Crippen LogP contribution in [0.5, 0.6) is 5.75 Å². The molecule has 1 aromatic carbocycles. The standard InChI is InChI=1S/C23H28F3N3O3S/c24-23(25,26)19-3-1-18(2-4-19)17-33(30,31)29-15-7-20(8-16-29)28-13-9-22(10-14-28)32-21-5-11-27-12-6-21/h1-6,11-12,20,22H,7-10,13-17H2. The van der Waals surface area contributed by atoms with Crippen LogP contribution in [0, 0.1) is 0 Å². The highest BCUT2D eigenvalue weighted by Gasteiger charge is 2.33. The fourth-order valence-electron chi connectivity index (χ4n) is 4.55. The summed E-state index contributed by atoms with van der Waals surface area (Å²) < 4.78 is 71.3. The van der Waals surface area contributed by atoms with E-state index in [1.54, 1.807) is 12.4 Å². The van der Waals surface area contributed by atoms with Gasteiger partial charge in [-0.05, 0) is 55.5 Å². The monoisotopic (exact) mass is 483 g/mol. The number of hydrogen-bond acceptors (Lipinski definition) is 5. The molecule has 0 spiro atoms. The van der Waals surface area contributed by atoms with Gasteiger partial charge in [-0.25, -0.2) is 12.7 Å². The Morgan fingerprint density at radius 3 is 2.09 bits per heavy atom. The number of aromatic nitrogens is 1. The molecular weight excluding hydrogens is 455 g/mol. The Balaban J connectivity index is 1.24. The van der Waals surface area contributed by atoms with Crippen molar-refractivity contribution in [2.24, 2.45) is 0 Å². The third kappa shape index (κ3) is 6.24. The molecule has 0 unspecified atom stereocenters. The molecule has 2 aliphatic rings. The third-order valence-electron chi connectivity index (χ3n) is 6.39. The molecule has 33 heavy (non-hydrogen) atoms. The highest BCUT2D eigenvalue weighted by atomic mass is 32.2. The van der Waals surface area contributed by atoms with Crippen LogP contribution in [0.15, 0.2) is 48.8 Å². The fourth-order valence-corrected chi connectivity index (χ4v) is 6.11. The maximum Gasteiger partial charge on any atom is 0.416 e. The zero-order chi connectivity index (χ0) is 23.5. The number of likely N-dealkylation sites (tertiary alicyclic amines) is 1. The summed E-state index contributed by atoms with van der Waals surface area (Å²) >= 11 is 0. The van der Waals surface area contributed by atoms with Gasteiger partial charge in [-0.1, -0.05) is 12.1 Å². The number of ether oxygens (including phenoxy) is 1. The lowest BCUT2D eigenvalue weighted by molar-refractivity contribution is -0.137. The average molecular weight is 484 g/mol. The van der Waals surface area contributed by atoms with Crippen molar-refractivity contribution in [3.05, 3.63) is 59.9 Å². The van der Waals surface area contributed by atoms with E-state index in [4.69, 9.17) is 4.74 Å². The number of rotatable bonds is 6. The number of halogens is 3. The molecular formula is C23H28F3N3O3S. The van der Waals surface area contributed by atoms with Gasteiger partial charge >= 0.3 is 6.18 Å². The van der Waals surface area contributed by atoms with E-state index in [-0.39, 0.29) is 11.9 Å². The van der Waals surface area contributed by atoms with Crippen LogP contribution < -0.4 is 4.74 Å². The van der Waals surface area contributed by atoms with Gasteiger partial charge < -0.3 is 9.64 Å². The lowest BCUT2D eigenvalue weighted by Crippen LogP contribution is -2.50. The molecule has 2 saturated heterocycles. The number of benzene rings is 1. The van der Waals surface area contributed by atoms with Crippen molar-refractivity contribution >= 4 is 10.0 Å². The fraction of sp³-hybridized carbons (Fsp3) is 0.522. The average Bonchev–Trinajstić information content (AvgIpc) is 2.80. The number of sulfonamides is 1. The minimum absolute atomic E-state index is 0.174. The lowest BCUT2D eigenvalue weighted by Gasteiger charge is -2.41. The largest absolute Gasteiger partial charge is 0.490 e. The second-order valence-electron chi connectivity index (χ2n) is 8.62. The summed E-state index contributed by atoms with van der Waals surface area (Å²) in [5.41, 5.74) is -0.416. The van der Waals surface area contributed by atoms with E-state index in [9.17, 15) is 21.6 Å². The quantitative estimate of drug-likeness (QED) is 0.623. The van der Waals surface area contributed by atoms with Crippen LogP contribution in [0.4, 0.5) is 13.2 Å². The van der Waals surface area contributed by atoms with Crippen molar-refractivity contribution < 1.29 is 26.3 Å². The summed E-state index contributed by atoms with van der Waals surface area (Å²) in [6.45, 7) is 2.69. The second-order valence-corrected chi connectivity index (χ2v) is 10.6. The molecule has 0 N–H and O–H groups in total. The number of alkyl halides is 3. The molecule has 10 heteroatoms. The molecule has 6 nitrogen and oxygen atoms in total. The predicted molar refractivity (Wildman–Crippen MR) is 118 cm³/mol. The summed E-state index contributed by atoms with van der Waals surface area (Å²) in [5.74, 6) is 0.545. The Hall–Kier alpha value is -2.17. The van der Waals surface area contributed by atoms with Gasteiger partial charge in [0.05, 0.1) is 11.3 Å². The first-order chi connectivity index (χ1) is 15.7. The molecule has 0 radical (unpaired) electrons. The van der Waals surface area contributed by atoms with E-state index in [1.807, 2.05) is 12.1 Å². The molecule has 4 rings (SSSR count). The first-order valence-corrected chi connectivity index (χ1v) is 12.8. The molecule has 0 amide bonds. The van der Waals surface area contributed by atoms with E-state index >= 15 is 0 Å². The van der Waals surface area contributed by atoms with E-state index in [0.717, 1.165) is 56.7 Å². The molecule has 0 atom stereocenters. The number of nitrogens with zero attached hydrogens (tertiary/aromatic N) is 3. The molecule has 2 fully saturated rings. The number of hydrogen-bond donors (Lipinski definition) is 0. The minimum Gasteiger partial charge on any atom is -0.490 e. The van der Waals surface area contributed by atoms with Gasteiger partial charge in [-0.15, -0.1) is 0 Å². The van der Waals surface area contributed by atoms with E-state index in [2.05, 4.69) is 9.88 Å². The van der Waals surface area contributed by atoms with Crippen LogP contribution in [-0.4, -0.2) is 60.9 Å². The SMILES string of the molecule is O=S(=O)(Cc1ccc(C(F)(F)F)cc1)N1CCC(N2CCC(Oc3ccncc3)CC2)CC1. The molecule has 0 aliphatic carbocycles. The van der Waals surface area contributed by atoms with Crippen LogP contribution in [0.3, 0.4) is 0 Å². The van der Waals surface area contributed by atoms with Gasteiger partial charge in [0.25, 0.3) is 0 Å². The molecule has 2 aliphatic heterocycles. The molecule has 2 aromatic rings. The van der Waals surface area contributed by atoms with Gasteiger partial charge in [0, 0.05) is 44.6 Å². The van der Waals surface area contributed by atoms with E-state index in [1.165, 1.54) is 16.4 Å². The minimum atomic E-state index is -4.43. The third-order valence-corrected chi connectivity index (χ3v) is 8.24. The molecule has 3 heterocycles. The van der Waals surface area contributed by atoms with Crippen LogP contribution >= 0.6 is 0 Å². The Morgan fingerprint density at radius 2 is 1.52 bits per heavy atom. The summed E-state index contributed by atoms with van der Waals surface area (Å²) in [6, 6.07) is 8.39. The van der Waals surface area contributed by atoms with E-state index < -0.39 is 21.8 Å². The molecule has 0 bridgehead atoms. The van der Waals surface area contributed by atoms with Crippen LogP contribution in [0.1, 0.15) is 36.8 Å². The van der Waals surface area contributed by atoms with Gasteiger partial charge in [0.1, 0.15) is 11.9 Å². The summed E-state index contributed by atoms with van der Waals surface area (Å²) in [4.78, 5) is 6.42. The number of piperidine rings is 2. The second kappa shape index (κ2) is 9.99. The Bertz CT molecular complexity index is 1000. The smallest absolute Gasteiger partial charge is 0.416 e. The Labute approximate surface area is 192 Å². The first-order valence-electron chi connectivity index (χ1n) is 11.2. The molecule has 180 valence electrons. The zero-order valence-corrected chi connectivity index (χ0v) is 19.1. The van der Waals surface area contributed by atoms with Crippen molar-refractivity contribution in [1.29, 1.82) is 0 Å². The summed E-state index contributed by atoms with van der Waals surface area (Å²) in [7, 11) is -3.57. The van der Waals surface area contributed by atoms with Gasteiger partial charge in [-0.3, -0.25) is 4.98 Å². The predicted octanol–water partition coefficient (Wildman–Crippen LogP) is 3.94. The first kappa shape index (κ1) is 24.0. The van der Waals surface area contributed by atoms with Crippen molar-refractivity contribution in [2.75, 3.05) is 26.2 Å². The highest BCUT2D eigenvalue weighted by Crippen LogP contribution is 2.30. The Kier molecular flexibility index (Phi) is 7.25. The van der Waals surface area contributed by atoms with Crippen LogP contribution in [0.2, 0.25) is 0 Å². The maximum atomic E-state index is 12.8. The van der Waals surface area contributed by atoms with Gasteiger partial charge in [-0.2, -0.15) is 13.2 Å². The molecule has 1 aromatic heterocycles. The highest BCUT2D eigenvalue weighted by molar-refractivity contribution is 7.88. The topological polar surface area (TPSA) is 62.7 Å². The number of pyridine rings is 1. The molecule has 0 saturated carbocycles. The van der Waals surface area contributed by atoms with Crippen LogP contribution in [-0.2, 0) is 22.0 Å². The summed E-state index contributed by atoms with van der Waals surface area (Å²) in [5, 5.41) is 0. The van der Waals surface area contributed by atoms with Crippen molar-refractivity contribution in [1.82, 2.24) is 14.2 Å². The van der Waals surface area contributed by atoms with Gasteiger partial charge in [0.2, 0.25) is 10.0 Å². The van der Waals surface area contributed by atoms with Crippen molar-refractivity contribution in [2.45, 2.75) is 49.8 Å². The zero-order valence-electron chi connectivity index (χ0n) is 18.2. The van der Waals surface area contributed by atoms with Gasteiger partial charge in [0.15, 0.2) is 0 Å².